The Kier molecular flexibility index (Phi) is 11.7. The Bertz CT molecular complexity index is 1000. The van der Waals surface area contributed by atoms with Crippen molar-refractivity contribution in [1.82, 2.24) is 4.90 Å². The van der Waals surface area contributed by atoms with Crippen LogP contribution in [-0.2, 0) is 33.3 Å². The van der Waals surface area contributed by atoms with Crippen LogP contribution in [0.2, 0.25) is 0 Å². The molecule has 2 N–H and O–H groups in total. The fraction of sp³-hybridized carbons (Fsp3) is 0.552. The third-order valence-electron chi connectivity index (χ3n) is 7.10. The molecule has 1 fully saturated rings. The van der Waals surface area contributed by atoms with Crippen molar-refractivity contribution in [3.63, 3.8) is 0 Å². The minimum Gasteiger partial charge on any atom is -0.497 e. The minimum atomic E-state index is -4.58. The monoisotopic (exact) mass is 531 g/mol. The zero-order valence-corrected chi connectivity index (χ0v) is 23.1. The quantitative estimate of drug-likeness (QED) is 0.194. The van der Waals surface area contributed by atoms with E-state index in [1.165, 1.54) is 43.2 Å². The highest BCUT2D eigenvalue weighted by atomic mass is 31.2. The van der Waals surface area contributed by atoms with Crippen LogP contribution in [0.25, 0.3) is 0 Å². The molecular formula is C29H42NO6P. The van der Waals surface area contributed by atoms with Crippen molar-refractivity contribution in [2.75, 3.05) is 20.3 Å². The molecule has 0 spiro atoms. The third-order valence-corrected chi connectivity index (χ3v) is 7.62. The van der Waals surface area contributed by atoms with Gasteiger partial charge in [-0.25, -0.2) is 4.57 Å². The molecule has 1 saturated carbocycles. The second kappa shape index (κ2) is 14.7. The van der Waals surface area contributed by atoms with Crippen molar-refractivity contribution < 1.29 is 28.4 Å². The summed E-state index contributed by atoms with van der Waals surface area (Å²) in [5.41, 5.74) is 3.62. The van der Waals surface area contributed by atoms with E-state index in [4.69, 9.17) is 14.5 Å². The molecule has 0 aromatic heterocycles. The van der Waals surface area contributed by atoms with Crippen molar-refractivity contribution in [1.29, 1.82) is 0 Å². The molecule has 1 aliphatic rings. The summed E-state index contributed by atoms with van der Waals surface area (Å²) >= 11 is 0. The van der Waals surface area contributed by atoms with Crippen molar-refractivity contribution in [3.05, 3.63) is 65.2 Å². The number of benzene rings is 2. The fourth-order valence-electron chi connectivity index (χ4n) is 4.75. The van der Waals surface area contributed by atoms with Crippen LogP contribution in [0.3, 0.4) is 0 Å². The lowest BCUT2D eigenvalue weighted by Gasteiger charge is -2.23. The van der Waals surface area contributed by atoms with E-state index in [0.717, 1.165) is 37.0 Å². The van der Waals surface area contributed by atoms with Gasteiger partial charge in [0.15, 0.2) is 0 Å². The zero-order valence-electron chi connectivity index (χ0n) is 22.2. The Labute approximate surface area is 221 Å². The van der Waals surface area contributed by atoms with Crippen LogP contribution in [0.4, 0.5) is 0 Å². The molecule has 2 atom stereocenters. The van der Waals surface area contributed by atoms with Crippen LogP contribution in [0.1, 0.15) is 68.6 Å². The number of unbranched alkanes of at least 4 members (excludes halogenated alkanes) is 4. The molecule has 7 nitrogen and oxygen atoms in total. The lowest BCUT2D eigenvalue weighted by molar-refractivity contribution is -0.134. The number of methoxy groups -OCH3 is 1. The molecule has 204 valence electrons. The second-order valence-corrected chi connectivity index (χ2v) is 11.3. The first-order valence-electron chi connectivity index (χ1n) is 13.5. The van der Waals surface area contributed by atoms with Gasteiger partial charge in [-0.1, -0.05) is 69.0 Å². The van der Waals surface area contributed by atoms with Gasteiger partial charge in [0.25, 0.3) is 0 Å². The molecule has 0 radical (unpaired) electrons. The number of ether oxygens (including phenoxy) is 1. The first-order chi connectivity index (χ1) is 17.8. The molecule has 1 aliphatic carbocycles. The van der Waals surface area contributed by atoms with Gasteiger partial charge in [0.05, 0.1) is 13.7 Å². The summed E-state index contributed by atoms with van der Waals surface area (Å²) in [6.45, 7) is 2.51. The fourth-order valence-corrected chi connectivity index (χ4v) is 5.07. The second-order valence-electron chi connectivity index (χ2n) is 10.1. The summed E-state index contributed by atoms with van der Waals surface area (Å²) in [6.07, 6.45) is 10.4. The number of phosphoric acid groups is 1. The van der Waals surface area contributed by atoms with Gasteiger partial charge in [0.2, 0.25) is 5.91 Å². The summed E-state index contributed by atoms with van der Waals surface area (Å²) in [5, 5.41) is 0. The number of phosphoric ester groups is 1. The van der Waals surface area contributed by atoms with E-state index in [-0.39, 0.29) is 25.0 Å². The molecule has 0 heterocycles. The van der Waals surface area contributed by atoms with Crippen LogP contribution < -0.4 is 4.74 Å². The largest absolute Gasteiger partial charge is 0.497 e. The minimum absolute atomic E-state index is 0.0218. The number of nitrogens with zero attached hydrogens (tertiary/aromatic N) is 1. The highest BCUT2D eigenvalue weighted by molar-refractivity contribution is 7.46. The van der Waals surface area contributed by atoms with Gasteiger partial charge in [-0.05, 0) is 66.8 Å². The molecule has 2 aromatic rings. The van der Waals surface area contributed by atoms with Crippen molar-refractivity contribution >= 4 is 13.7 Å². The van der Waals surface area contributed by atoms with Crippen molar-refractivity contribution in [2.24, 2.45) is 11.8 Å². The average Bonchev–Trinajstić information content (AvgIpc) is 3.66. The number of rotatable bonds is 17. The number of carbonyl (C=O) groups excluding carboxylic acids is 1. The average molecular weight is 532 g/mol. The molecule has 0 aliphatic heterocycles. The van der Waals surface area contributed by atoms with Crippen molar-refractivity contribution in [3.8, 4) is 5.75 Å². The molecule has 2 aromatic carbocycles. The maximum atomic E-state index is 13.3. The molecule has 8 heteroatoms. The van der Waals surface area contributed by atoms with Crippen LogP contribution in [0, 0.1) is 11.8 Å². The highest BCUT2D eigenvalue weighted by Gasteiger charge is 2.44. The van der Waals surface area contributed by atoms with Crippen molar-refractivity contribution in [2.45, 2.75) is 71.3 Å². The molecule has 3 rings (SSSR count). The van der Waals surface area contributed by atoms with Crippen LogP contribution in [0.5, 0.6) is 5.75 Å². The van der Waals surface area contributed by atoms with E-state index in [2.05, 4.69) is 35.7 Å². The smallest absolute Gasteiger partial charge is 0.469 e. The summed E-state index contributed by atoms with van der Waals surface area (Å²) < 4.78 is 20.9. The topological polar surface area (TPSA) is 96.3 Å². The number of hydrogen-bond acceptors (Lipinski definition) is 4. The first-order valence-corrected chi connectivity index (χ1v) is 15.0. The normalized spacial score (nSPS) is 17.0. The number of hydrogen-bond donors (Lipinski definition) is 2. The number of aryl methyl sites for hydroxylation is 2. The van der Waals surface area contributed by atoms with Gasteiger partial charge in [-0.15, -0.1) is 0 Å². The van der Waals surface area contributed by atoms with E-state index in [0.29, 0.717) is 12.5 Å². The van der Waals surface area contributed by atoms with Crippen LogP contribution in [0.15, 0.2) is 48.5 Å². The summed E-state index contributed by atoms with van der Waals surface area (Å²) in [7, 11) is -2.98. The van der Waals surface area contributed by atoms with E-state index in [1.807, 2.05) is 24.3 Å². The Morgan fingerprint density at radius 2 is 1.57 bits per heavy atom. The Morgan fingerprint density at radius 3 is 2.19 bits per heavy atom. The lowest BCUT2D eigenvalue weighted by atomic mass is 10.0. The predicted octanol–water partition coefficient (Wildman–Crippen LogP) is 5.91. The first kappa shape index (κ1) is 29.4. The lowest BCUT2D eigenvalue weighted by Crippen LogP contribution is -2.35. The molecule has 0 saturated heterocycles. The third kappa shape index (κ3) is 10.6. The predicted molar refractivity (Wildman–Crippen MR) is 145 cm³/mol. The van der Waals surface area contributed by atoms with Gasteiger partial charge in [-0.3, -0.25) is 9.32 Å². The van der Waals surface area contributed by atoms with E-state index in [9.17, 15) is 9.36 Å². The Morgan fingerprint density at radius 1 is 0.946 bits per heavy atom. The summed E-state index contributed by atoms with van der Waals surface area (Å²) in [6, 6.07) is 16.4. The van der Waals surface area contributed by atoms with Gasteiger partial charge in [-0.2, -0.15) is 0 Å². The van der Waals surface area contributed by atoms with Gasteiger partial charge < -0.3 is 19.4 Å². The number of carbonyl (C=O) groups is 1. The van der Waals surface area contributed by atoms with E-state index < -0.39 is 7.82 Å². The van der Waals surface area contributed by atoms with Gasteiger partial charge in [0, 0.05) is 19.0 Å². The summed E-state index contributed by atoms with van der Waals surface area (Å²) in [4.78, 5) is 33.0. The van der Waals surface area contributed by atoms with E-state index in [1.54, 1.807) is 12.0 Å². The standard InChI is InChI=1S/C29H42NO6P/c1-3-4-5-6-7-8-23-9-11-24(12-10-23)13-16-26-21-28(26)29(31)30(19-20-36-37(32,33)34)22-25-14-17-27(35-2)18-15-25/h9-12,14-15,17-18,26,28H,3-8,13,16,19-22H2,1-2H3,(H2,32,33,34)/t26-,28+/m0/s1. The Balaban J connectivity index is 1.48. The maximum Gasteiger partial charge on any atom is 0.469 e. The molecule has 37 heavy (non-hydrogen) atoms. The van der Waals surface area contributed by atoms with Gasteiger partial charge >= 0.3 is 7.82 Å². The maximum absolute atomic E-state index is 13.3. The molecule has 0 bridgehead atoms. The van der Waals surface area contributed by atoms with Crippen LogP contribution >= 0.6 is 7.82 Å². The van der Waals surface area contributed by atoms with Gasteiger partial charge in [0.1, 0.15) is 5.75 Å². The van der Waals surface area contributed by atoms with Crippen LogP contribution in [-0.4, -0.2) is 40.9 Å². The SMILES string of the molecule is CCCCCCCc1ccc(CC[C@H]2C[C@H]2C(=O)N(CCOP(=O)(O)O)Cc2ccc(OC)cc2)cc1. The van der Waals surface area contributed by atoms with E-state index >= 15 is 0 Å². The highest BCUT2D eigenvalue weighted by Crippen LogP contribution is 2.43. The molecule has 0 unspecified atom stereocenters. The Hall–Kier alpha value is -2.18. The zero-order chi connectivity index (χ0) is 26.7. The summed E-state index contributed by atoms with van der Waals surface area (Å²) in [5.74, 6) is 1.05. The number of amides is 1. The molecular weight excluding hydrogens is 489 g/mol. The molecule has 1 amide bonds.